The van der Waals surface area contributed by atoms with Gasteiger partial charge in [0, 0.05) is 17.8 Å². The predicted molar refractivity (Wildman–Crippen MR) is 78.4 cm³/mol. The van der Waals surface area contributed by atoms with Crippen molar-refractivity contribution in [2.75, 3.05) is 11.9 Å². The van der Waals surface area contributed by atoms with Gasteiger partial charge in [-0.1, -0.05) is 6.08 Å². The summed E-state index contributed by atoms with van der Waals surface area (Å²) >= 11 is 0. The maximum Gasteiger partial charge on any atom is 0.251 e. The Bertz CT molecular complexity index is 432. The Morgan fingerprint density at radius 3 is 2.47 bits per heavy atom. The molecule has 4 heteroatoms. The Morgan fingerprint density at radius 2 is 2.00 bits per heavy atom. The summed E-state index contributed by atoms with van der Waals surface area (Å²) in [5, 5.41) is 15.8. The van der Waals surface area contributed by atoms with Gasteiger partial charge >= 0.3 is 0 Å². The van der Waals surface area contributed by atoms with Crippen LogP contribution in [0.4, 0.5) is 5.69 Å². The van der Waals surface area contributed by atoms with Crippen LogP contribution in [0, 0.1) is 0 Å². The number of amides is 1. The van der Waals surface area contributed by atoms with Gasteiger partial charge in [0.1, 0.15) is 0 Å². The van der Waals surface area contributed by atoms with Crippen molar-refractivity contribution in [3.05, 3.63) is 42.5 Å². The van der Waals surface area contributed by atoms with Crippen molar-refractivity contribution in [3.63, 3.8) is 0 Å². The minimum absolute atomic E-state index is 0.0899. The monoisotopic (exact) mass is 262 g/mol. The summed E-state index contributed by atoms with van der Waals surface area (Å²) in [6.45, 7) is 9.41. The van der Waals surface area contributed by atoms with Crippen molar-refractivity contribution >= 4 is 11.6 Å². The van der Waals surface area contributed by atoms with Crippen molar-refractivity contribution in [1.82, 2.24) is 5.32 Å². The molecule has 0 aromatic heterocycles. The normalized spacial score (nSPS) is 12.6. The van der Waals surface area contributed by atoms with E-state index < -0.39 is 5.60 Å². The zero-order valence-corrected chi connectivity index (χ0v) is 11.7. The van der Waals surface area contributed by atoms with Crippen molar-refractivity contribution < 1.29 is 9.90 Å². The van der Waals surface area contributed by atoms with E-state index in [-0.39, 0.29) is 11.9 Å². The lowest BCUT2D eigenvalue weighted by Gasteiger charge is -2.27. The Morgan fingerprint density at radius 1 is 1.42 bits per heavy atom. The van der Waals surface area contributed by atoms with Crippen LogP contribution >= 0.6 is 0 Å². The summed E-state index contributed by atoms with van der Waals surface area (Å²) in [4.78, 5) is 11.7. The summed E-state index contributed by atoms with van der Waals surface area (Å²) < 4.78 is 0. The highest BCUT2D eigenvalue weighted by Gasteiger charge is 2.21. The molecule has 0 fully saturated rings. The SMILES string of the molecule is C=CCNC(=O)c1ccc(NC(C)C(C)(C)O)cc1. The maximum atomic E-state index is 11.7. The van der Waals surface area contributed by atoms with Crippen LogP contribution in [-0.4, -0.2) is 29.2 Å². The maximum absolute atomic E-state index is 11.7. The van der Waals surface area contributed by atoms with Crippen molar-refractivity contribution in [3.8, 4) is 0 Å². The molecule has 19 heavy (non-hydrogen) atoms. The first-order valence-electron chi connectivity index (χ1n) is 6.32. The summed E-state index contributed by atoms with van der Waals surface area (Å²) in [5.74, 6) is -0.123. The predicted octanol–water partition coefficient (Wildman–Crippen LogP) is 2.17. The minimum atomic E-state index is -0.806. The third-order valence-corrected chi connectivity index (χ3v) is 3.00. The molecule has 0 radical (unpaired) electrons. The molecule has 3 N–H and O–H groups in total. The summed E-state index contributed by atoms with van der Waals surface area (Å²) in [6.07, 6.45) is 1.64. The number of aliphatic hydroxyl groups is 1. The molecule has 0 saturated carbocycles. The van der Waals surface area contributed by atoms with Gasteiger partial charge in [0.05, 0.1) is 11.6 Å². The van der Waals surface area contributed by atoms with E-state index in [0.29, 0.717) is 12.1 Å². The lowest BCUT2D eigenvalue weighted by atomic mass is 10.0. The topological polar surface area (TPSA) is 61.4 Å². The zero-order chi connectivity index (χ0) is 14.5. The van der Waals surface area contributed by atoms with Gasteiger partial charge < -0.3 is 15.7 Å². The molecule has 0 spiro atoms. The molecule has 1 aromatic carbocycles. The van der Waals surface area contributed by atoms with Gasteiger partial charge in [0.25, 0.3) is 5.91 Å². The highest BCUT2D eigenvalue weighted by atomic mass is 16.3. The first kappa shape index (κ1) is 15.2. The second-order valence-corrected chi connectivity index (χ2v) is 5.10. The highest BCUT2D eigenvalue weighted by Crippen LogP contribution is 2.16. The van der Waals surface area contributed by atoms with Crippen molar-refractivity contribution in [2.24, 2.45) is 0 Å². The molecule has 1 rings (SSSR count). The van der Waals surface area contributed by atoms with E-state index in [1.54, 1.807) is 32.1 Å². The van der Waals surface area contributed by atoms with Gasteiger partial charge in [-0.3, -0.25) is 4.79 Å². The number of carbonyl (C=O) groups is 1. The highest BCUT2D eigenvalue weighted by molar-refractivity contribution is 5.94. The van der Waals surface area contributed by atoms with Crippen LogP contribution in [0.15, 0.2) is 36.9 Å². The van der Waals surface area contributed by atoms with Gasteiger partial charge in [-0.05, 0) is 45.0 Å². The first-order chi connectivity index (χ1) is 8.84. The average molecular weight is 262 g/mol. The number of hydrogen-bond donors (Lipinski definition) is 3. The number of anilines is 1. The lowest BCUT2D eigenvalue weighted by Crippen LogP contribution is -2.39. The first-order valence-corrected chi connectivity index (χ1v) is 6.32. The molecule has 0 aliphatic heterocycles. The van der Waals surface area contributed by atoms with Gasteiger partial charge in [0.15, 0.2) is 0 Å². The Kier molecular flexibility index (Phi) is 5.12. The summed E-state index contributed by atoms with van der Waals surface area (Å²) in [6, 6.07) is 7.05. The van der Waals surface area contributed by atoms with Crippen LogP contribution in [0.2, 0.25) is 0 Å². The molecule has 1 aromatic rings. The van der Waals surface area contributed by atoms with E-state index in [2.05, 4.69) is 17.2 Å². The number of benzene rings is 1. The van der Waals surface area contributed by atoms with Crippen LogP contribution in [0.5, 0.6) is 0 Å². The van der Waals surface area contributed by atoms with E-state index in [9.17, 15) is 9.90 Å². The number of hydrogen-bond acceptors (Lipinski definition) is 3. The zero-order valence-electron chi connectivity index (χ0n) is 11.7. The van der Waals surface area contributed by atoms with Gasteiger partial charge in [-0.2, -0.15) is 0 Å². The van der Waals surface area contributed by atoms with Crippen LogP contribution in [0.3, 0.4) is 0 Å². The molecule has 0 heterocycles. The smallest absolute Gasteiger partial charge is 0.251 e. The van der Waals surface area contributed by atoms with E-state index >= 15 is 0 Å². The quantitative estimate of drug-likeness (QED) is 0.689. The fraction of sp³-hybridized carbons (Fsp3) is 0.400. The third kappa shape index (κ3) is 4.75. The lowest BCUT2D eigenvalue weighted by molar-refractivity contribution is 0.0649. The van der Waals surface area contributed by atoms with E-state index in [1.165, 1.54) is 0 Å². The number of carbonyl (C=O) groups excluding carboxylic acids is 1. The van der Waals surface area contributed by atoms with Crippen LogP contribution in [0.25, 0.3) is 0 Å². The van der Waals surface area contributed by atoms with Crippen LogP contribution in [-0.2, 0) is 0 Å². The Hall–Kier alpha value is -1.81. The molecule has 1 unspecified atom stereocenters. The molecular formula is C15H22N2O2. The van der Waals surface area contributed by atoms with Crippen molar-refractivity contribution in [2.45, 2.75) is 32.4 Å². The molecular weight excluding hydrogens is 240 g/mol. The van der Waals surface area contributed by atoms with Crippen LogP contribution in [0.1, 0.15) is 31.1 Å². The second-order valence-electron chi connectivity index (χ2n) is 5.10. The molecule has 1 atom stereocenters. The van der Waals surface area contributed by atoms with E-state index in [0.717, 1.165) is 5.69 Å². The molecule has 0 bridgehead atoms. The van der Waals surface area contributed by atoms with E-state index in [4.69, 9.17) is 0 Å². The number of nitrogens with one attached hydrogen (secondary N) is 2. The fourth-order valence-corrected chi connectivity index (χ4v) is 1.41. The van der Waals surface area contributed by atoms with Gasteiger partial charge in [-0.25, -0.2) is 0 Å². The molecule has 4 nitrogen and oxygen atoms in total. The Balaban J connectivity index is 2.66. The minimum Gasteiger partial charge on any atom is -0.388 e. The summed E-state index contributed by atoms with van der Waals surface area (Å²) in [7, 11) is 0. The molecule has 0 aliphatic carbocycles. The van der Waals surface area contributed by atoms with Gasteiger partial charge in [0.2, 0.25) is 0 Å². The van der Waals surface area contributed by atoms with Crippen LogP contribution < -0.4 is 10.6 Å². The standard InChI is InChI=1S/C15H22N2O2/c1-5-10-16-14(18)12-6-8-13(9-7-12)17-11(2)15(3,4)19/h5-9,11,17,19H,1,10H2,2-4H3,(H,16,18). The summed E-state index contributed by atoms with van der Waals surface area (Å²) in [5.41, 5.74) is 0.665. The fourth-order valence-electron chi connectivity index (χ4n) is 1.41. The average Bonchev–Trinajstić information content (AvgIpc) is 2.35. The second kappa shape index (κ2) is 6.38. The molecule has 0 aliphatic rings. The molecule has 1 amide bonds. The van der Waals surface area contributed by atoms with E-state index in [1.807, 2.05) is 19.1 Å². The van der Waals surface area contributed by atoms with Gasteiger partial charge in [-0.15, -0.1) is 6.58 Å². The third-order valence-electron chi connectivity index (χ3n) is 3.00. The number of rotatable bonds is 6. The Labute approximate surface area is 114 Å². The molecule has 0 saturated heterocycles. The van der Waals surface area contributed by atoms with Crippen molar-refractivity contribution in [1.29, 1.82) is 0 Å². The molecule has 104 valence electrons. The largest absolute Gasteiger partial charge is 0.388 e.